The second kappa shape index (κ2) is 9.41. The molecule has 0 radical (unpaired) electrons. The highest BCUT2D eigenvalue weighted by molar-refractivity contribution is 5.66. The van der Waals surface area contributed by atoms with Crippen LogP contribution in [-0.4, -0.2) is 42.2 Å². The van der Waals surface area contributed by atoms with Crippen LogP contribution in [0.4, 0.5) is 0 Å². The minimum absolute atomic E-state index is 0.0421. The summed E-state index contributed by atoms with van der Waals surface area (Å²) in [6, 6.07) is 16.7. The Labute approximate surface area is 200 Å². The molecule has 10 nitrogen and oxygen atoms in total. The Morgan fingerprint density at radius 1 is 1.00 bits per heavy atom. The first kappa shape index (κ1) is 22.3. The average Bonchev–Trinajstić information content (AvgIpc) is 3.50. The summed E-state index contributed by atoms with van der Waals surface area (Å²) >= 11 is 0. The third-order valence-electron chi connectivity index (χ3n) is 5.19. The molecule has 0 saturated heterocycles. The molecule has 0 aliphatic carbocycles. The number of nitrogens with zero attached hydrogens (tertiary/aromatic N) is 6. The first-order chi connectivity index (χ1) is 17.0. The van der Waals surface area contributed by atoms with E-state index in [9.17, 15) is 4.79 Å². The molecule has 0 amide bonds. The molecular weight excluding hydrogens is 448 g/mol. The minimum atomic E-state index is -0.313. The van der Waals surface area contributed by atoms with Gasteiger partial charge < -0.3 is 14.0 Å². The van der Waals surface area contributed by atoms with Gasteiger partial charge in [0.25, 0.3) is 5.56 Å². The largest absolute Gasteiger partial charge is 0.494 e. The fraction of sp³-hybridized carbons (Fsp3) is 0.240. The third-order valence-corrected chi connectivity index (χ3v) is 5.19. The number of hydrogen-bond acceptors (Lipinski definition) is 8. The van der Waals surface area contributed by atoms with Gasteiger partial charge in [-0.05, 0) is 75.4 Å². The lowest BCUT2D eigenvalue weighted by Crippen LogP contribution is -2.25. The van der Waals surface area contributed by atoms with Gasteiger partial charge in [-0.1, -0.05) is 5.16 Å². The van der Waals surface area contributed by atoms with Crippen molar-refractivity contribution < 1.29 is 14.0 Å². The lowest BCUT2D eigenvalue weighted by Gasteiger charge is -2.09. The zero-order valence-electron chi connectivity index (χ0n) is 19.6. The van der Waals surface area contributed by atoms with Crippen molar-refractivity contribution in [2.24, 2.45) is 0 Å². The Hall–Kier alpha value is -4.47. The molecule has 0 saturated carbocycles. The molecule has 0 bridgehead atoms. The van der Waals surface area contributed by atoms with E-state index in [0.29, 0.717) is 23.6 Å². The number of aromatic nitrogens is 6. The maximum atomic E-state index is 13.0. The highest BCUT2D eigenvalue weighted by Crippen LogP contribution is 2.23. The van der Waals surface area contributed by atoms with Crippen molar-refractivity contribution in [1.29, 1.82) is 0 Å². The van der Waals surface area contributed by atoms with Gasteiger partial charge in [0.2, 0.25) is 11.7 Å². The molecule has 0 aliphatic heterocycles. The molecule has 35 heavy (non-hydrogen) atoms. The van der Waals surface area contributed by atoms with Gasteiger partial charge in [-0.25, -0.2) is 9.20 Å². The van der Waals surface area contributed by atoms with Gasteiger partial charge in [-0.15, -0.1) is 0 Å². The zero-order valence-corrected chi connectivity index (χ0v) is 19.6. The monoisotopic (exact) mass is 472 g/mol. The van der Waals surface area contributed by atoms with Gasteiger partial charge in [0.15, 0.2) is 0 Å². The summed E-state index contributed by atoms with van der Waals surface area (Å²) in [6.07, 6.45) is 1.58. The van der Waals surface area contributed by atoms with E-state index in [-0.39, 0.29) is 24.1 Å². The molecule has 5 aromatic rings. The third kappa shape index (κ3) is 4.77. The molecule has 3 aromatic heterocycles. The van der Waals surface area contributed by atoms with E-state index in [0.717, 1.165) is 22.6 Å². The van der Waals surface area contributed by atoms with Crippen LogP contribution in [0.1, 0.15) is 26.7 Å². The van der Waals surface area contributed by atoms with Crippen LogP contribution < -0.4 is 15.0 Å². The summed E-state index contributed by atoms with van der Waals surface area (Å²) in [5, 5.41) is 12.7. The van der Waals surface area contributed by atoms with E-state index >= 15 is 0 Å². The lowest BCUT2D eigenvalue weighted by atomic mass is 10.1. The van der Waals surface area contributed by atoms with Gasteiger partial charge in [-0.3, -0.25) is 4.79 Å². The maximum Gasteiger partial charge on any atom is 0.293 e. The molecule has 2 aromatic carbocycles. The zero-order chi connectivity index (χ0) is 24.4. The molecule has 5 rings (SSSR count). The predicted octanol–water partition coefficient (Wildman–Crippen LogP) is 3.84. The quantitative estimate of drug-likeness (QED) is 0.335. The Morgan fingerprint density at radius 3 is 2.43 bits per heavy atom. The highest BCUT2D eigenvalue weighted by Gasteiger charge is 2.14. The SMILES string of the molecule is CCOc1ccc(-c2cc3c(=O)n(Cc4nc(-c5ccc(OC(C)C)cc5)no4)ncn3n2)cc1. The van der Waals surface area contributed by atoms with Crippen LogP contribution in [0.15, 0.2) is 70.2 Å². The summed E-state index contributed by atoms with van der Waals surface area (Å²) in [5.74, 6) is 2.24. The minimum Gasteiger partial charge on any atom is -0.494 e. The molecule has 178 valence electrons. The molecule has 0 fully saturated rings. The topological polar surface area (TPSA) is 110 Å². The van der Waals surface area contributed by atoms with Gasteiger partial charge in [0.05, 0.1) is 18.4 Å². The van der Waals surface area contributed by atoms with Crippen molar-refractivity contribution in [2.45, 2.75) is 33.4 Å². The number of ether oxygens (including phenoxy) is 2. The summed E-state index contributed by atoms with van der Waals surface area (Å²) in [6.45, 7) is 6.51. The van der Waals surface area contributed by atoms with Crippen molar-refractivity contribution in [3.8, 4) is 34.1 Å². The number of hydrogen-bond donors (Lipinski definition) is 0. The van der Waals surface area contributed by atoms with Gasteiger partial charge >= 0.3 is 0 Å². The highest BCUT2D eigenvalue weighted by atomic mass is 16.5. The van der Waals surface area contributed by atoms with E-state index in [1.165, 1.54) is 15.5 Å². The number of benzene rings is 2. The Morgan fingerprint density at radius 2 is 1.71 bits per heavy atom. The van der Waals surface area contributed by atoms with Crippen LogP contribution >= 0.6 is 0 Å². The number of rotatable bonds is 8. The van der Waals surface area contributed by atoms with E-state index in [1.54, 1.807) is 6.07 Å². The Balaban J connectivity index is 1.36. The van der Waals surface area contributed by atoms with Crippen molar-refractivity contribution in [3.63, 3.8) is 0 Å². The van der Waals surface area contributed by atoms with Gasteiger partial charge in [0.1, 0.15) is 29.9 Å². The summed E-state index contributed by atoms with van der Waals surface area (Å²) in [4.78, 5) is 17.4. The molecule has 0 spiro atoms. The van der Waals surface area contributed by atoms with Crippen molar-refractivity contribution in [1.82, 2.24) is 29.5 Å². The van der Waals surface area contributed by atoms with Crippen LogP contribution in [0, 0.1) is 0 Å². The first-order valence-electron chi connectivity index (χ1n) is 11.3. The van der Waals surface area contributed by atoms with Crippen molar-refractivity contribution in [3.05, 3.63) is 77.2 Å². The molecule has 0 atom stereocenters. The van der Waals surface area contributed by atoms with E-state index in [2.05, 4.69) is 20.3 Å². The maximum absolute atomic E-state index is 13.0. The lowest BCUT2D eigenvalue weighted by molar-refractivity contribution is 0.242. The van der Waals surface area contributed by atoms with Gasteiger partial charge in [-0.2, -0.15) is 15.2 Å². The van der Waals surface area contributed by atoms with Crippen LogP contribution in [-0.2, 0) is 6.54 Å². The summed E-state index contributed by atoms with van der Waals surface area (Å²) in [5.41, 5.74) is 2.39. The van der Waals surface area contributed by atoms with Crippen LogP contribution in [0.2, 0.25) is 0 Å². The molecule has 0 aliphatic rings. The Bertz CT molecular complexity index is 1500. The van der Waals surface area contributed by atoms with Crippen LogP contribution in [0.25, 0.3) is 28.2 Å². The van der Waals surface area contributed by atoms with Crippen LogP contribution in [0.3, 0.4) is 0 Å². The standard InChI is InChI=1S/C25H24N6O4/c1-4-33-19-9-5-17(6-10-19)21-13-22-25(32)30(26-15-31(22)28-21)14-23-27-24(29-35-23)18-7-11-20(12-8-18)34-16(2)3/h5-13,15-16H,4,14H2,1-3H3. The van der Waals surface area contributed by atoms with Gasteiger partial charge in [0, 0.05) is 11.1 Å². The second-order valence-corrected chi connectivity index (χ2v) is 8.11. The van der Waals surface area contributed by atoms with E-state index in [4.69, 9.17) is 14.0 Å². The molecule has 3 heterocycles. The normalized spacial score (nSPS) is 11.3. The first-order valence-corrected chi connectivity index (χ1v) is 11.3. The summed E-state index contributed by atoms with van der Waals surface area (Å²) < 4.78 is 19.2. The van der Waals surface area contributed by atoms with Crippen LogP contribution in [0.5, 0.6) is 11.5 Å². The average molecular weight is 473 g/mol. The summed E-state index contributed by atoms with van der Waals surface area (Å²) in [7, 11) is 0. The van der Waals surface area contributed by atoms with Crippen molar-refractivity contribution >= 4 is 5.52 Å². The molecule has 10 heteroatoms. The Kier molecular flexibility index (Phi) is 6.01. The fourth-order valence-corrected chi connectivity index (χ4v) is 3.60. The molecule has 0 unspecified atom stereocenters. The van der Waals surface area contributed by atoms with E-state index in [1.807, 2.05) is 69.3 Å². The number of fused-ring (bicyclic) bond motifs is 1. The van der Waals surface area contributed by atoms with Crippen molar-refractivity contribution in [2.75, 3.05) is 6.61 Å². The fourth-order valence-electron chi connectivity index (χ4n) is 3.60. The molecular formula is C25H24N6O4. The smallest absolute Gasteiger partial charge is 0.293 e. The second-order valence-electron chi connectivity index (χ2n) is 8.11. The molecule has 0 N–H and O–H groups in total. The predicted molar refractivity (Wildman–Crippen MR) is 128 cm³/mol. The van der Waals surface area contributed by atoms with E-state index < -0.39 is 0 Å².